The first-order valence-electron chi connectivity index (χ1n) is 7.93. The molecule has 0 aromatic heterocycles. The molecule has 1 aliphatic heterocycles. The molecule has 1 aromatic rings. The van der Waals surface area contributed by atoms with Crippen LogP contribution in [0, 0.1) is 11.7 Å². The zero-order valence-corrected chi connectivity index (χ0v) is 14.0. The van der Waals surface area contributed by atoms with Crippen molar-refractivity contribution in [2.45, 2.75) is 52.2 Å². The number of hydrogen-bond acceptors (Lipinski definition) is 2. The Hall–Kier alpha value is -0.640. The van der Waals surface area contributed by atoms with E-state index < -0.39 is 0 Å². The smallest absolute Gasteiger partial charge is 0.142 e. The van der Waals surface area contributed by atoms with Gasteiger partial charge in [0.05, 0.1) is 5.02 Å². The lowest BCUT2D eigenvalue weighted by Gasteiger charge is -2.42. The molecule has 0 saturated carbocycles. The van der Waals surface area contributed by atoms with Crippen LogP contribution in [0.2, 0.25) is 5.02 Å². The van der Waals surface area contributed by atoms with Gasteiger partial charge in [0.25, 0.3) is 0 Å². The Labute approximate surface area is 132 Å². The van der Waals surface area contributed by atoms with Gasteiger partial charge in [-0.1, -0.05) is 50.9 Å². The van der Waals surface area contributed by atoms with Crippen molar-refractivity contribution in [1.29, 1.82) is 0 Å². The molecule has 0 amide bonds. The number of nitrogens with one attached hydrogen (secondary N) is 1. The molecule has 1 heterocycles. The molecule has 0 bridgehead atoms. The van der Waals surface area contributed by atoms with Crippen molar-refractivity contribution < 1.29 is 4.39 Å². The SMILES string of the molecule is CCCC1CNC(C(C)C)CN1Cc1cccc(F)c1Cl. The maximum atomic E-state index is 13.6. The molecule has 118 valence electrons. The van der Waals surface area contributed by atoms with E-state index in [0.29, 0.717) is 18.0 Å². The van der Waals surface area contributed by atoms with E-state index in [9.17, 15) is 4.39 Å². The number of nitrogens with zero attached hydrogens (tertiary/aromatic N) is 1. The molecule has 2 nitrogen and oxygen atoms in total. The van der Waals surface area contributed by atoms with Crippen LogP contribution >= 0.6 is 11.6 Å². The molecule has 0 aliphatic carbocycles. The number of rotatable bonds is 5. The summed E-state index contributed by atoms with van der Waals surface area (Å²) in [7, 11) is 0. The number of hydrogen-bond donors (Lipinski definition) is 1. The second-order valence-electron chi connectivity index (χ2n) is 6.34. The van der Waals surface area contributed by atoms with Crippen LogP contribution in [0.1, 0.15) is 39.2 Å². The average Bonchev–Trinajstić information content (AvgIpc) is 2.45. The topological polar surface area (TPSA) is 15.3 Å². The van der Waals surface area contributed by atoms with E-state index in [2.05, 4.69) is 31.0 Å². The standard InChI is InChI=1S/C17H26ClFN2/c1-4-6-14-9-20-16(12(2)3)11-21(14)10-13-7-5-8-15(19)17(13)18/h5,7-8,12,14,16,20H,4,6,9-11H2,1-3H3. The summed E-state index contributed by atoms with van der Waals surface area (Å²) < 4.78 is 13.6. The van der Waals surface area contributed by atoms with Crippen LogP contribution in [0.5, 0.6) is 0 Å². The second-order valence-corrected chi connectivity index (χ2v) is 6.72. The Bertz CT molecular complexity index is 464. The van der Waals surface area contributed by atoms with Crippen LogP contribution in [0.4, 0.5) is 4.39 Å². The van der Waals surface area contributed by atoms with Gasteiger partial charge in [-0.05, 0) is 24.0 Å². The first-order valence-corrected chi connectivity index (χ1v) is 8.31. The van der Waals surface area contributed by atoms with Gasteiger partial charge in [-0.25, -0.2) is 4.39 Å². The van der Waals surface area contributed by atoms with E-state index in [0.717, 1.165) is 38.0 Å². The lowest BCUT2D eigenvalue weighted by molar-refractivity contribution is 0.0997. The molecular formula is C17H26ClFN2. The van der Waals surface area contributed by atoms with Gasteiger partial charge in [0, 0.05) is 31.7 Å². The Morgan fingerprint density at radius 1 is 1.43 bits per heavy atom. The third-order valence-electron chi connectivity index (χ3n) is 4.39. The first-order chi connectivity index (χ1) is 10.0. The third kappa shape index (κ3) is 4.18. The summed E-state index contributed by atoms with van der Waals surface area (Å²) in [6.07, 6.45) is 2.32. The van der Waals surface area contributed by atoms with Crippen molar-refractivity contribution in [2.24, 2.45) is 5.92 Å². The van der Waals surface area contributed by atoms with Gasteiger partial charge in [0.2, 0.25) is 0 Å². The lowest BCUT2D eigenvalue weighted by atomic mass is 9.97. The minimum absolute atomic E-state index is 0.271. The highest BCUT2D eigenvalue weighted by Gasteiger charge is 2.29. The summed E-state index contributed by atoms with van der Waals surface area (Å²) in [6.45, 7) is 9.42. The molecule has 1 N–H and O–H groups in total. The second kappa shape index (κ2) is 7.57. The Balaban J connectivity index is 2.13. The molecule has 1 aromatic carbocycles. The highest BCUT2D eigenvalue weighted by atomic mass is 35.5. The van der Waals surface area contributed by atoms with Crippen LogP contribution in [0.15, 0.2) is 18.2 Å². The maximum absolute atomic E-state index is 13.6. The maximum Gasteiger partial charge on any atom is 0.142 e. The van der Waals surface area contributed by atoms with Crippen molar-refractivity contribution in [3.8, 4) is 0 Å². The van der Waals surface area contributed by atoms with Crippen LogP contribution in [-0.2, 0) is 6.54 Å². The average molecular weight is 313 g/mol. The fourth-order valence-corrected chi connectivity index (χ4v) is 3.22. The molecule has 2 atom stereocenters. The predicted octanol–water partition coefficient (Wildman–Crippen LogP) is 4.08. The van der Waals surface area contributed by atoms with Crippen LogP contribution < -0.4 is 5.32 Å². The Morgan fingerprint density at radius 3 is 2.86 bits per heavy atom. The van der Waals surface area contributed by atoms with Gasteiger partial charge >= 0.3 is 0 Å². The van der Waals surface area contributed by atoms with Crippen molar-refractivity contribution >= 4 is 11.6 Å². The largest absolute Gasteiger partial charge is 0.311 e. The lowest BCUT2D eigenvalue weighted by Crippen LogP contribution is -2.57. The molecule has 0 spiro atoms. The molecular weight excluding hydrogens is 287 g/mol. The van der Waals surface area contributed by atoms with Crippen molar-refractivity contribution in [1.82, 2.24) is 10.2 Å². The number of halogens is 2. The quantitative estimate of drug-likeness (QED) is 0.881. The highest BCUT2D eigenvalue weighted by molar-refractivity contribution is 6.31. The van der Waals surface area contributed by atoms with Crippen molar-refractivity contribution in [3.63, 3.8) is 0 Å². The normalized spacial score (nSPS) is 23.7. The summed E-state index contributed by atoms with van der Waals surface area (Å²) in [5, 5.41) is 3.92. The predicted molar refractivity (Wildman–Crippen MR) is 87.1 cm³/mol. The van der Waals surface area contributed by atoms with E-state index in [1.165, 1.54) is 6.07 Å². The van der Waals surface area contributed by atoms with Crippen molar-refractivity contribution in [3.05, 3.63) is 34.6 Å². The summed E-state index contributed by atoms with van der Waals surface area (Å²) in [4.78, 5) is 2.46. The van der Waals surface area contributed by atoms with E-state index in [-0.39, 0.29) is 10.8 Å². The monoisotopic (exact) mass is 312 g/mol. The molecule has 0 radical (unpaired) electrons. The molecule has 2 unspecified atom stereocenters. The number of piperazine rings is 1. The van der Waals surface area contributed by atoms with E-state index in [1.807, 2.05) is 6.07 Å². The third-order valence-corrected chi connectivity index (χ3v) is 4.82. The van der Waals surface area contributed by atoms with Gasteiger partial charge in [-0.15, -0.1) is 0 Å². The van der Waals surface area contributed by atoms with Crippen LogP contribution in [0.3, 0.4) is 0 Å². The molecule has 1 aliphatic rings. The fourth-order valence-electron chi connectivity index (χ4n) is 3.03. The van der Waals surface area contributed by atoms with Crippen LogP contribution in [-0.4, -0.2) is 30.1 Å². The first kappa shape index (κ1) is 16.7. The molecule has 4 heteroatoms. The summed E-state index contributed by atoms with van der Waals surface area (Å²) >= 11 is 6.12. The minimum atomic E-state index is -0.322. The van der Waals surface area contributed by atoms with Gasteiger partial charge in [-0.3, -0.25) is 4.90 Å². The van der Waals surface area contributed by atoms with E-state index >= 15 is 0 Å². The number of benzene rings is 1. The van der Waals surface area contributed by atoms with Gasteiger partial charge in [-0.2, -0.15) is 0 Å². The molecule has 21 heavy (non-hydrogen) atoms. The highest BCUT2D eigenvalue weighted by Crippen LogP contribution is 2.24. The summed E-state index contributed by atoms with van der Waals surface area (Å²) in [6, 6.07) is 6.09. The molecule has 1 saturated heterocycles. The fraction of sp³-hybridized carbons (Fsp3) is 0.647. The zero-order valence-electron chi connectivity index (χ0n) is 13.2. The van der Waals surface area contributed by atoms with Crippen LogP contribution in [0.25, 0.3) is 0 Å². The van der Waals surface area contributed by atoms with Crippen molar-refractivity contribution in [2.75, 3.05) is 13.1 Å². The zero-order chi connectivity index (χ0) is 15.4. The van der Waals surface area contributed by atoms with E-state index in [4.69, 9.17) is 11.6 Å². The van der Waals surface area contributed by atoms with E-state index in [1.54, 1.807) is 6.07 Å². The summed E-state index contributed by atoms with van der Waals surface area (Å²) in [5.74, 6) is 0.273. The Kier molecular flexibility index (Phi) is 6.03. The van der Waals surface area contributed by atoms with Gasteiger partial charge in [0.15, 0.2) is 0 Å². The van der Waals surface area contributed by atoms with Gasteiger partial charge in [0.1, 0.15) is 5.82 Å². The summed E-state index contributed by atoms with van der Waals surface area (Å²) in [5.41, 5.74) is 0.891. The van der Waals surface area contributed by atoms with Gasteiger partial charge < -0.3 is 5.32 Å². The molecule has 1 fully saturated rings. The molecule has 2 rings (SSSR count). The Morgan fingerprint density at radius 2 is 2.19 bits per heavy atom. The minimum Gasteiger partial charge on any atom is -0.311 e.